The van der Waals surface area contributed by atoms with Gasteiger partial charge >= 0.3 is 0 Å². The first kappa shape index (κ1) is 30.0. The van der Waals surface area contributed by atoms with Gasteiger partial charge in [0.05, 0.1) is 42.4 Å². The highest BCUT2D eigenvalue weighted by Gasteiger charge is 2.17. The van der Waals surface area contributed by atoms with E-state index < -0.39 is 4.92 Å². The summed E-state index contributed by atoms with van der Waals surface area (Å²) in [4.78, 5) is 20.5. The SMILES string of the molecule is Clc1ccc(Sc2cc3nc[nH]c3cc2Cl)c(Cl)c1.Nc1cc(Sc2ccc(Cl)cc2Cl)c(Cl)cc1[N+](=O)[O-]. The van der Waals surface area contributed by atoms with E-state index in [0.29, 0.717) is 30.0 Å². The summed E-state index contributed by atoms with van der Waals surface area (Å²) in [5.41, 5.74) is 7.25. The van der Waals surface area contributed by atoms with Crippen molar-refractivity contribution in [2.75, 3.05) is 5.73 Å². The number of H-pyrrole nitrogens is 1. The summed E-state index contributed by atoms with van der Waals surface area (Å²) in [5, 5.41) is 13.9. The number of imidazole rings is 1. The molecule has 0 radical (unpaired) electrons. The van der Waals surface area contributed by atoms with Crippen molar-refractivity contribution in [2.45, 2.75) is 19.6 Å². The molecule has 39 heavy (non-hydrogen) atoms. The van der Waals surface area contributed by atoms with Crippen molar-refractivity contribution in [3.05, 3.63) is 107 Å². The number of halogens is 6. The monoisotopic (exact) mass is 676 g/mol. The van der Waals surface area contributed by atoms with Crippen LogP contribution in [-0.4, -0.2) is 14.9 Å². The highest BCUT2D eigenvalue weighted by molar-refractivity contribution is 7.99. The van der Waals surface area contributed by atoms with Crippen LogP contribution in [0.3, 0.4) is 0 Å². The Balaban J connectivity index is 0.000000181. The number of fused-ring (bicyclic) bond motifs is 1. The van der Waals surface area contributed by atoms with Crippen LogP contribution in [0.15, 0.2) is 86.6 Å². The van der Waals surface area contributed by atoms with Crippen LogP contribution in [-0.2, 0) is 0 Å². The van der Waals surface area contributed by atoms with Crippen LogP contribution in [0, 0.1) is 10.1 Å². The van der Waals surface area contributed by atoms with E-state index in [4.69, 9.17) is 75.3 Å². The molecule has 0 saturated carbocycles. The Bertz CT molecular complexity index is 1700. The number of nitrogens with one attached hydrogen (secondary N) is 1. The highest BCUT2D eigenvalue weighted by Crippen LogP contribution is 2.42. The summed E-state index contributed by atoms with van der Waals surface area (Å²) in [7, 11) is 0. The predicted molar refractivity (Wildman–Crippen MR) is 165 cm³/mol. The van der Waals surface area contributed by atoms with Crippen LogP contribution >= 0.6 is 93.1 Å². The van der Waals surface area contributed by atoms with E-state index in [9.17, 15) is 10.1 Å². The van der Waals surface area contributed by atoms with Gasteiger partial charge in [-0.25, -0.2) is 4.98 Å². The second kappa shape index (κ2) is 13.1. The van der Waals surface area contributed by atoms with Crippen molar-refractivity contribution in [1.29, 1.82) is 0 Å². The summed E-state index contributed by atoms with van der Waals surface area (Å²) in [6.45, 7) is 0. The Kier molecular flexibility index (Phi) is 10.1. The molecule has 0 saturated heterocycles. The molecule has 6 nitrogen and oxygen atoms in total. The zero-order valence-electron chi connectivity index (χ0n) is 19.2. The number of hydrogen-bond donors (Lipinski definition) is 2. The van der Waals surface area contributed by atoms with Crippen molar-refractivity contribution in [2.24, 2.45) is 0 Å². The summed E-state index contributed by atoms with van der Waals surface area (Å²) in [5.74, 6) is 0. The van der Waals surface area contributed by atoms with Crippen LogP contribution in [0.4, 0.5) is 11.4 Å². The minimum Gasteiger partial charge on any atom is -0.393 e. The van der Waals surface area contributed by atoms with E-state index in [2.05, 4.69) is 9.97 Å². The normalized spacial score (nSPS) is 10.8. The molecule has 5 rings (SSSR count). The molecule has 0 aliphatic heterocycles. The Morgan fingerprint density at radius 3 is 1.77 bits per heavy atom. The summed E-state index contributed by atoms with van der Waals surface area (Å²) in [6.07, 6.45) is 1.64. The fraction of sp³-hybridized carbons (Fsp3) is 0. The maximum atomic E-state index is 10.8. The van der Waals surface area contributed by atoms with Crippen molar-refractivity contribution in [1.82, 2.24) is 9.97 Å². The third kappa shape index (κ3) is 7.60. The van der Waals surface area contributed by atoms with E-state index in [0.717, 1.165) is 25.7 Å². The number of nitrogens with two attached hydrogens (primary N) is 1. The summed E-state index contributed by atoms with van der Waals surface area (Å²) in [6, 6.07) is 16.9. The lowest BCUT2D eigenvalue weighted by Crippen LogP contribution is -1.96. The molecule has 0 amide bonds. The largest absolute Gasteiger partial charge is 0.393 e. The Labute approximate surface area is 261 Å². The molecule has 0 unspecified atom stereocenters. The van der Waals surface area contributed by atoms with Crippen molar-refractivity contribution < 1.29 is 4.92 Å². The van der Waals surface area contributed by atoms with Gasteiger partial charge in [0.15, 0.2) is 0 Å². The number of hydrogen-bond acceptors (Lipinski definition) is 6. The highest BCUT2D eigenvalue weighted by atomic mass is 35.5. The van der Waals surface area contributed by atoms with E-state index >= 15 is 0 Å². The minimum absolute atomic E-state index is 0.0481. The predicted octanol–water partition coefficient (Wildman–Crippen LogP) is 11.0. The first-order valence-corrected chi connectivity index (χ1v) is 14.5. The molecular formula is C25H14Cl6N4O2S2. The Morgan fingerprint density at radius 1 is 0.718 bits per heavy atom. The summed E-state index contributed by atoms with van der Waals surface area (Å²) < 4.78 is 0. The van der Waals surface area contributed by atoms with Crippen LogP contribution in [0.2, 0.25) is 30.1 Å². The molecule has 4 aromatic carbocycles. The molecule has 1 heterocycles. The maximum Gasteiger partial charge on any atom is 0.293 e. The quantitative estimate of drug-likeness (QED) is 0.109. The molecule has 0 bridgehead atoms. The zero-order chi connectivity index (χ0) is 28.3. The minimum atomic E-state index is -0.578. The first-order valence-electron chi connectivity index (χ1n) is 10.6. The lowest BCUT2D eigenvalue weighted by atomic mass is 10.3. The molecule has 200 valence electrons. The van der Waals surface area contributed by atoms with Gasteiger partial charge < -0.3 is 10.7 Å². The van der Waals surface area contributed by atoms with E-state index in [1.165, 1.54) is 35.7 Å². The van der Waals surface area contributed by atoms with Gasteiger partial charge in [0.1, 0.15) is 5.69 Å². The standard InChI is InChI=1S/C13H7Cl3N2S.C12H7Cl3N2O2S/c14-7-1-2-12(8(15)3-7)19-13-5-11-10(4-9(13)16)17-6-18-11;13-6-1-2-11(7(14)3-6)20-12-5-9(16)10(17(18)19)4-8(12)15/h1-6H,(H,17,18);1-5H,16H2. The topological polar surface area (TPSA) is 97.8 Å². The van der Waals surface area contributed by atoms with Crippen LogP contribution in [0.1, 0.15) is 0 Å². The van der Waals surface area contributed by atoms with E-state index in [1.807, 2.05) is 18.2 Å². The molecule has 5 aromatic rings. The van der Waals surface area contributed by atoms with Gasteiger partial charge in [-0.1, -0.05) is 93.1 Å². The van der Waals surface area contributed by atoms with Gasteiger partial charge in [0, 0.05) is 35.7 Å². The Hall–Kier alpha value is -2.01. The lowest BCUT2D eigenvalue weighted by Gasteiger charge is -2.08. The molecule has 0 atom stereocenters. The molecule has 0 fully saturated rings. The van der Waals surface area contributed by atoms with Crippen molar-refractivity contribution in [3.63, 3.8) is 0 Å². The molecule has 3 N–H and O–H groups in total. The zero-order valence-corrected chi connectivity index (χ0v) is 25.4. The van der Waals surface area contributed by atoms with Gasteiger partial charge in [-0.3, -0.25) is 10.1 Å². The molecular weight excluding hydrogens is 665 g/mol. The maximum absolute atomic E-state index is 10.8. The molecule has 14 heteroatoms. The fourth-order valence-corrected chi connectivity index (χ4v) is 6.49. The van der Waals surface area contributed by atoms with Crippen molar-refractivity contribution in [3.8, 4) is 0 Å². The molecule has 0 aliphatic rings. The second-order valence-electron chi connectivity index (χ2n) is 7.65. The lowest BCUT2D eigenvalue weighted by molar-refractivity contribution is -0.383. The third-order valence-corrected chi connectivity index (χ3v) is 9.42. The molecule has 0 aliphatic carbocycles. The number of aromatic nitrogens is 2. The number of benzene rings is 4. The van der Waals surface area contributed by atoms with Gasteiger partial charge in [-0.2, -0.15) is 0 Å². The van der Waals surface area contributed by atoms with Gasteiger partial charge in [0.25, 0.3) is 5.69 Å². The number of nitrogen functional groups attached to an aromatic ring is 1. The molecule has 1 aromatic heterocycles. The molecule has 0 spiro atoms. The van der Waals surface area contributed by atoms with Gasteiger partial charge in [-0.15, -0.1) is 0 Å². The van der Waals surface area contributed by atoms with Crippen LogP contribution < -0.4 is 5.73 Å². The number of rotatable bonds is 5. The Morgan fingerprint density at radius 2 is 1.23 bits per heavy atom. The van der Waals surface area contributed by atoms with Gasteiger partial charge in [-0.05, 0) is 54.6 Å². The first-order chi connectivity index (χ1) is 18.5. The number of nitrogens with zero attached hydrogens (tertiary/aromatic N) is 2. The van der Waals surface area contributed by atoms with Crippen LogP contribution in [0.5, 0.6) is 0 Å². The van der Waals surface area contributed by atoms with E-state index in [-0.39, 0.29) is 16.4 Å². The van der Waals surface area contributed by atoms with Crippen molar-refractivity contribution >= 4 is 116 Å². The van der Waals surface area contributed by atoms with Crippen LogP contribution in [0.25, 0.3) is 11.0 Å². The van der Waals surface area contributed by atoms with E-state index in [1.54, 1.807) is 36.7 Å². The fourth-order valence-electron chi connectivity index (χ4n) is 3.16. The third-order valence-electron chi connectivity index (χ3n) is 4.98. The number of anilines is 1. The summed E-state index contributed by atoms with van der Waals surface area (Å²) >= 11 is 39.0. The number of aromatic amines is 1. The smallest absolute Gasteiger partial charge is 0.293 e. The average molecular weight is 679 g/mol. The number of nitro groups is 1. The average Bonchev–Trinajstić information content (AvgIpc) is 3.32. The van der Waals surface area contributed by atoms with Gasteiger partial charge in [0.2, 0.25) is 0 Å². The second-order valence-corrected chi connectivity index (χ2v) is 12.3. The number of nitro benzene ring substituents is 1.